The molecule has 2 aromatic rings. The van der Waals surface area contributed by atoms with Crippen molar-refractivity contribution in [3.05, 3.63) is 59.2 Å². The molecule has 4 rings (SSSR count). The smallest absolute Gasteiger partial charge is 0.416 e. The first-order valence-corrected chi connectivity index (χ1v) is 12.0. The molecule has 2 aliphatic heterocycles. The predicted molar refractivity (Wildman–Crippen MR) is 108 cm³/mol. The van der Waals surface area contributed by atoms with Gasteiger partial charge in [0.05, 0.1) is 11.3 Å². The molecule has 0 bridgehead atoms. The summed E-state index contributed by atoms with van der Waals surface area (Å²) in [6.07, 6.45) is -3.81. The minimum Gasteiger partial charge on any atom is -0.454 e. The van der Waals surface area contributed by atoms with Crippen LogP contribution in [-0.2, 0) is 22.0 Å². The van der Waals surface area contributed by atoms with Crippen molar-refractivity contribution >= 4 is 21.8 Å². The van der Waals surface area contributed by atoms with Gasteiger partial charge in [-0.05, 0) is 41.8 Å². The van der Waals surface area contributed by atoms with E-state index >= 15 is 0 Å². The highest BCUT2D eigenvalue weighted by atomic mass is 32.2. The second-order valence-corrected chi connectivity index (χ2v) is 10.4. The fourth-order valence-corrected chi connectivity index (χ4v) is 6.39. The lowest BCUT2D eigenvalue weighted by Crippen LogP contribution is -2.34. The molecule has 0 spiro atoms. The van der Waals surface area contributed by atoms with Gasteiger partial charge in [0.25, 0.3) is 0 Å². The SMILES string of the molecule is O=S(=O)(Cc1ccc(C(F)(F)F)cc1)N1CCSC(c2ccc3c(c2)OCO3)CC1. The highest BCUT2D eigenvalue weighted by molar-refractivity contribution is 7.99. The molecule has 30 heavy (non-hydrogen) atoms. The van der Waals surface area contributed by atoms with Gasteiger partial charge in [-0.1, -0.05) is 18.2 Å². The Kier molecular flexibility index (Phi) is 5.91. The van der Waals surface area contributed by atoms with Crippen molar-refractivity contribution in [3.63, 3.8) is 0 Å². The first-order chi connectivity index (χ1) is 14.2. The maximum atomic E-state index is 12.8. The fraction of sp³-hybridized carbons (Fsp3) is 0.400. The van der Waals surface area contributed by atoms with Crippen LogP contribution in [0.4, 0.5) is 13.2 Å². The van der Waals surface area contributed by atoms with E-state index < -0.39 is 21.8 Å². The fourth-order valence-electron chi connectivity index (χ4n) is 3.50. The van der Waals surface area contributed by atoms with E-state index in [1.165, 1.54) is 16.4 Å². The lowest BCUT2D eigenvalue weighted by molar-refractivity contribution is -0.137. The number of halogens is 3. The molecule has 0 aromatic heterocycles. The van der Waals surface area contributed by atoms with Crippen LogP contribution >= 0.6 is 11.8 Å². The van der Waals surface area contributed by atoms with E-state index in [-0.39, 0.29) is 17.8 Å². The first-order valence-electron chi connectivity index (χ1n) is 9.37. The van der Waals surface area contributed by atoms with Gasteiger partial charge in [-0.3, -0.25) is 0 Å². The zero-order chi connectivity index (χ0) is 21.4. The number of sulfonamides is 1. The van der Waals surface area contributed by atoms with Crippen LogP contribution in [0.15, 0.2) is 42.5 Å². The summed E-state index contributed by atoms with van der Waals surface area (Å²) in [6.45, 7) is 0.927. The molecule has 0 saturated carbocycles. The highest BCUT2D eigenvalue weighted by Crippen LogP contribution is 2.40. The van der Waals surface area contributed by atoms with Gasteiger partial charge in [0, 0.05) is 24.1 Å². The number of rotatable bonds is 4. The molecule has 1 atom stereocenters. The van der Waals surface area contributed by atoms with Crippen LogP contribution < -0.4 is 9.47 Å². The minimum absolute atomic E-state index is 0.130. The summed E-state index contributed by atoms with van der Waals surface area (Å²) >= 11 is 1.69. The third-order valence-electron chi connectivity index (χ3n) is 5.09. The zero-order valence-electron chi connectivity index (χ0n) is 15.9. The van der Waals surface area contributed by atoms with Crippen molar-refractivity contribution in [2.24, 2.45) is 0 Å². The molecule has 2 heterocycles. The van der Waals surface area contributed by atoms with Gasteiger partial charge in [0.2, 0.25) is 16.8 Å². The Bertz CT molecular complexity index is 1010. The summed E-state index contributed by atoms with van der Waals surface area (Å²) in [5, 5.41) is 0.130. The molecular weight excluding hydrogens is 439 g/mol. The van der Waals surface area contributed by atoms with Crippen molar-refractivity contribution in [3.8, 4) is 11.5 Å². The number of nitrogens with zero attached hydrogens (tertiary/aromatic N) is 1. The average Bonchev–Trinajstić information content (AvgIpc) is 3.01. The Morgan fingerprint density at radius 3 is 2.50 bits per heavy atom. The van der Waals surface area contributed by atoms with Crippen LogP contribution in [0.5, 0.6) is 11.5 Å². The summed E-state index contributed by atoms with van der Waals surface area (Å²) in [6, 6.07) is 10.1. The summed E-state index contributed by atoms with van der Waals surface area (Å²) in [5.41, 5.74) is 0.611. The second kappa shape index (κ2) is 8.32. The molecule has 1 saturated heterocycles. The first kappa shape index (κ1) is 21.3. The Labute approximate surface area is 177 Å². The van der Waals surface area contributed by atoms with Gasteiger partial charge in [0.1, 0.15) is 0 Å². The number of benzene rings is 2. The Hall–Kier alpha value is -1.91. The lowest BCUT2D eigenvalue weighted by atomic mass is 10.1. The third-order valence-corrected chi connectivity index (χ3v) is 8.27. The minimum atomic E-state index is -4.44. The van der Waals surface area contributed by atoms with Crippen LogP contribution in [0.25, 0.3) is 0 Å². The van der Waals surface area contributed by atoms with Crippen LogP contribution in [0.3, 0.4) is 0 Å². The van der Waals surface area contributed by atoms with Crippen molar-refractivity contribution in [1.29, 1.82) is 0 Å². The largest absolute Gasteiger partial charge is 0.454 e. The Morgan fingerprint density at radius 2 is 1.77 bits per heavy atom. The van der Waals surface area contributed by atoms with E-state index in [0.29, 0.717) is 42.3 Å². The van der Waals surface area contributed by atoms with Crippen LogP contribution in [0, 0.1) is 0 Å². The normalized spacial score (nSPS) is 20.2. The number of alkyl halides is 3. The maximum Gasteiger partial charge on any atom is 0.416 e. The van der Waals surface area contributed by atoms with E-state index in [2.05, 4.69) is 0 Å². The van der Waals surface area contributed by atoms with Gasteiger partial charge in [-0.15, -0.1) is 0 Å². The summed E-state index contributed by atoms with van der Waals surface area (Å²) in [4.78, 5) is 0. The summed E-state index contributed by atoms with van der Waals surface area (Å²) in [5.74, 6) is 1.72. The molecule has 0 amide bonds. The second-order valence-electron chi connectivity index (χ2n) is 7.11. The number of thioether (sulfide) groups is 1. The zero-order valence-corrected chi connectivity index (χ0v) is 17.5. The molecule has 0 aliphatic carbocycles. The van der Waals surface area contributed by atoms with Gasteiger partial charge in [-0.2, -0.15) is 24.9 Å². The lowest BCUT2D eigenvalue weighted by Gasteiger charge is -2.20. The monoisotopic (exact) mass is 459 g/mol. The Morgan fingerprint density at radius 1 is 1.03 bits per heavy atom. The topological polar surface area (TPSA) is 55.8 Å². The molecule has 162 valence electrons. The molecule has 10 heteroatoms. The molecule has 0 radical (unpaired) electrons. The van der Waals surface area contributed by atoms with Crippen molar-refractivity contribution in [1.82, 2.24) is 4.31 Å². The number of fused-ring (bicyclic) bond motifs is 1. The van der Waals surface area contributed by atoms with Gasteiger partial charge in [0.15, 0.2) is 11.5 Å². The molecule has 1 fully saturated rings. The third kappa shape index (κ3) is 4.70. The van der Waals surface area contributed by atoms with Crippen molar-refractivity contribution < 1.29 is 31.1 Å². The molecule has 2 aliphatic rings. The number of hydrogen-bond acceptors (Lipinski definition) is 5. The van der Waals surface area contributed by atoms with Gasteiger partial charge in [-0.25, -0.2) is 12.7 Å². The Balaban J connectivity index is 1.42. The molecule has 1 unspecified atom stereocenters. The van der Waals surface area contributed by atoms with E-state index in [1.54, 1.807) is 11.8 Å². The number of ether oxygens (including phenoxy) is 2. The van der Waals surface area contributed by atoms with Gasteiger partial charge < -0.3 is 9.47 Å². The van der Waals surface area contributed by atoms with E-state index in [0.717, 1.165) is 17.7 Å². The molecule has 5 nitrogen and oxygen atoms in total. The quantitative estimate of drug-likeness (QED) is 0.677. The summed E-state index contributed by atoms with van der Waals surface area (Å²) in [7, 11) is -3.63. The maximum absolute atomic E-state index is 12.8. The van der Waals surface area contributed by atoms with Crippen LogP contribution in [0.1, 0.15) is 28.4 Å². The highest BCUT2D eigenvalue weighted by Gasteiger charge is 2.31. The molecule has 0 N–H and O–H groups in total. The number of hydrogen-bond donors (Lipinski definition) is 0. The van der Waals surface area contributed by atoms with Crippen LogP contribution in [0.2, 0.25) is 0 Å². The standard InChI is InChI=1S/C20H20F3NO4S2/c21-20(22,23)16-4-1-14(2-5-16)12-30(25,26)24-8-7-19(29-10-9-24)15-3-6-17-18(11-15)28-13-27-17/h1-6,11,19H,7-10,12-13H2. The van der Waals surface area contributed by atoms with E-state index in [4.69, 9.17) is 9.47 Å². The molecular formula is C20H20F3NO4S2. The van der Waals surface area contributed by atoms with E-state index in [1.807, 2.05) is 18.2 Å². The van der Waals surface area contributed by atoms with Crippen molar-refractivity contribution in [2.75, 3.05) is 25.6 Å². The predicted octanol–water partition coefficient (Wildman–Crippen LogP) is 4.44. The van der Waals surface area contributed by atoms with E-state index in [9.17, 15) is 21.6 Å². The summed E-state index contributed by atoms with van der Waals surface area (Å²) < 4.78 is 76.0. The van der Waals surface area contributed by atoms with Crippen LogP contribution in [-0.4, -0.2) is 38.4 Å². The molecule has 2 aromatic carbocycles. The average molecular weight is 460 g/mol. The van der Waals surface area contributed by atoms with Gasteiger partial charge >= 0.3 is 6.18 Å². The van der Waals surface area contributed by atoms with Crippen molar-refractivity contribution in [2.45, 2.75) is 23.6 Å².